The zero-order valence-corrected chi connectivity index (χ0v) is 8.21. The van der Waals surface area contributed by atoms with Crippen LogP contribution in [0.25, 0.3) is 0 Å². The van der Waals surface area contributed by atoms with Crippen LogP contribution < -0.4 is 10.5 Å². The normalized spacial score (nSPS) is 8.93. The van der Waals surface area contributed by atoms with E-state index >= 15 is 0 Å². The number of rotatable bonds is 2. The van der Waals surface area contributed by atoms with Crippen LogP contribution in [0.3, 0.4) is 0 Å². The van der Waals surface area contributed by atoms with E-state index in [9.17, 15) is 9.18 Å². The molecule has 0 radical (unpaired) electrons. The Balaban J connectivity index is 3.00. The molecule has 1 aromatic rings. The highest BCUT2D eigenvalue weighted by atomic mass is 19.1. The molecule has 0 saturated carbocycles. The highest BCUT2D eigenvalue weighted by Crippen LogP contribution is 2.15. The van der Waals surface area contributed by atoms with Crippen LogP contribution in [0, 0.1) is 17.7 Å². The number of carbonyl (C=O) groups is 1. The number of benzene rings is 1. The monoisotopic (exact) mass is 207 g/mol. The van der Waals surface area contributed by atoms with Crippen LogP contribution in [-0.2, 0) is 4.79 Å². The van der Waals surface area contributed by atoms with Gasteiger partial charge in [-0.3, -0.25) is 4.79 Å². The lowest BCUT2D eigenvalue weighted by molar-refractivity contribution is -0.112. The Morgan fingerprint density at radius 1 is 1.53 bits per heavy atom. The molecule has 0 aliphatic rings. The molecule has 0 aliphatic heterocycles. The van der Waals surface area contributed by atoms with Crippen molar-refractivity contribution < 1.29 is 13.9 Å². The quantitative estimate of drug-likeness (QED) is 0.737. The van der Waals surface area contributed by atoms with Crippen LogP contribution in [0.1, 0.15) is 12.5 Å². The zero-order valence-electron chi connectivity index (χ0n) is 8.21. The molecule has 0 saturated heterocycles. The minimum absolute atomic E-state index is 0.359. The topological polar surface area (TPSA) is 52.3 Å². The molecular formula is C11H10FNO2. The van der Waals surface area contributed by atoms with E-state index in [1.807, 2.05) is 0 Å². The maximum Gasteiger partial charge on any atom is 0.293 e. The predicted octanol–water partition coefficient (Wildman–Crippen LogP) is 1.06. The van der Waals surface area contributed by atoms with Crippen molar-refractivity contribution in [1.29, 1.82) is 0 Å². The van der Waals surface area contributed by atoms with Gasteiger partial charge in [0.05, 0.1) is 6.61 Å². The first-order valence-corrected chi connectivity index (χ1v) is 4.36. The molecule has 1 amide bonds. The van der Waals surface area contributed by atoms with Crippen molar-refractivity contribution >= 4 is 5.91 Å². The Morgan fingerprint density at radius 2 is 2.27 bits per heavy atom. The van der Waals surface area contributed by atoms with E-state index in [1.165, 1.54) is 12.1 Å². The lowest BCUT2D eigenvalue weighted by atomic mass is 10.2. The smallest absolute Gasteiger partial charge is 0.293 e. The van der Waals surface area contributed by atoms with Crippen molar-refractivity contribution in [1.82, 2.24) is 0 Å². The van der Waals surface area contributed by atoms with E-state index in [4.69, 9.17) is 10.5 Å². The third kappa shape index (κ3) is 3.69. The molecule has 0 unspecified atom stereocenters. The van der Waals surface area contributed by atoms with Crippen LogP contribution in [-0.4, -0.2) is 12.5 Å². The second kappa shape index (κ2) is 5.01. The van der Waals surface area contributed by atoms with Gasteiger partial charge in [-0.05, 0) is 25.0 Å². The Hall–Kier alpha value is -2.02. The molecule has 78 valence electrons. The molecule has 3 nitrogen and oxygen atoms in total. The Kier molecular flexibility index (Phi) is 3.69. The standard InChI is InChI=1S/C11H10FNO2/c1-2-15-10-6-8(3-4-11(13)14)5-9(12)7-10/h5-7H,2H2,1H3,(H2,13,14). The molecule has 1 rings (SSSR count). The van der Waals surface area contributed by atoms with Crippen LogP contribution >= 0.6 is 0 Å². The minimum Gasteiger partial charge on any atom is -0.494 e. The van der Waals surface area contributed by atoms with E-state index in [0.717, 1.165) is 0 Å². The predicted molar refractivity (Wildman–Crippen MR) is 53.6 cm³/mol. The number of carbonyl (C=O) groups excluding carboxylic acids is 1. The first-order valence-electron chi connectivity index (χ1n) is 4.36. The van der Waals surface area contributed by atoms with Crippen LogP contribution in [0.15, 0.2) is 18.2 Å². The number of primary amides is 1. The third-order valence-corrected chi connectivity index (χ3v) is 1.51. The third-order valence-electron chi connectivity index (χ3n) is 1.51. The molecule has 0 heterocycles. The van der Waals surface area contributed by atoms with Crippen molar-refractivity contribution in [2.24, 2.45) is 5.73 Å². The fourth-order valence-corrected chi connectivity index (χ4v) is 1.02. The summed E-state index contributed by atoms with van der Waals surface area (Å²) in [7, 11) is 0. The summed E-state index contributed by atoms with van der Waals surface area (Å²) in [5.41, 5.74) is 5.20. The summed E-state index contributed by atoms with van der Waals surface area (Å²) in [6.07, 6.45) is 0. The average Bonchev–Trinajstić information content (AvgIpc) is 2.14. The highest BCUT2D eigenvalue weighted by Gasteiger charge is 1.99. The van der Waals surface area contributed by atoms with Crippen molar-refractivity contribution in [3.05, 3.63) is 29.6 Å². The number of halogens is 1. The maximum atomic E-state index is 13.0. The van der Waals surface area contributed by atoms with Gasteiger partial charge in [0.2, 0.25) is 0 Å². The molecular weight excluding hydrogens is 197 g/mol. The Labute approximate surface area is 87.0 Å². The Bertz CT molecular complexity index is 432. The number of hydrogen-bond donors (Lipinski definition) is 1. The van der Waals surface area contributed by atoms with Gasteiger partial charge >= 0.3 is 0 Å². The minimum atomic E-state index is -0.753. The number of nitrogens with two attached hydrogens (primary N) is 1. The van der Waals surface area contributed by atoms with Crippen molar-refractivity contribution in [3.63, 3.8) is 0 Å². The molecule has 1 aromatic carbocycles. The molecule has 0 bridgehead atoms. The number of ether oxygens (including phenoxy) is 1. The zero-order chi connectivity index (χ0) is 11.3. The van der Waals surface area contributed by atoms with E-state index in [1.54, 1.807) is 13.0 Å². The fraction of sp³-hybridized carbons (Fsp3) is 0.182. The lowest BCUT2D eigenvalue weighted by Crippen LogP contribution is -2.06. The molecule has 4 heteroatoms. The first kappa shape index (κ1) is 11.1. The number of amides is 1. The molecule has 0 fully saturated rings. The summed E-state index contributed by atoms with van der Waals surface area (Å²) < 4.78 is 18.1. The van der Waals surface area contributed by atoms with Crippen LogP contribution in [0.5, 0.6) is 5.75 Å². The molecule has 0 aliphatic carbocycles. The van der Waals surface area contributed by atoms with Gasteiger partial charge in [-0.25, -0.2) is 4.39 Å². The van der Waals surface area contributed by atoms with E-state index in [-0.39, 0.29) is 0 Å². The van der Waals surface area contributed by atoms with Crippen molar-refractivity contribution in [2.45, 2.75) is 6.92 Å². The summed E-state index contributed by atoms with van der Waals surface area (Å²) >= 11 is 0. The van der Waals surface area contributed by atoms with Gasteiger partial charge in [0, 0.05) is 11.6 Å². The van der Waals surface area contributed by atoms with Crippen molar-refractivity contribution in [3.8, 4) is 17.6 Å². The van der Waals surface area contributed by atoms with E-state index < -0.39 is 11.7 Å². The van der Waals surface area contributed by atoms with Gasteiger partial charge in [0.25, 0.3) is 5.91 Å². The second-order valence-electron chi connectivity index (χ2n) is 2.72. The van der Waals surface area contributed by atoms with Gasteiger partial charge in [-0.1, -0.05) is 5.92 Å². The van der Waals surface area contributed by atoms with Crippen LogP contribution in [0.2, 0.25) is 0 Å². The van der Waals surface area contributed by atoms with Gasteiger partial charge < -0.3 is 10.5 Å². The van der Waals surface area contributed by atoms with Gasteiger partial charge in [-0.2, -0.15) is 0 Å². The SMILES string of the molecule is CCOc1cc(F)cc(C#CC(N)=O)c1. The largest absolute Gasteiger partial charge is 0.494 e. The number of hydrogen-bond acceptors (Lipinski definition) is 2. The molecule has 0 aromatic heterocycles. The summed E-state index contributed by atoms with van der Waals surface area (Å²) in [4.78, 5) is 10.4. The molecule has 15 heavy (non-hydrogen) atoms. The van der Waals surface area contributed by atoms with Gasteiger partial charge in [-0.15, -0.1) is 0 Å². The van der Waals surface area contributed by atoms with Gasteiger partial charge in [0.15, 0.2) is 0 Å². The average molecular weight is 207 g/mol. The van der Waals surface area contributed by atoms with E-state index in [2.05, 4.69) is 11.8 Å². The molecule has 2 N–H and O–H groups in total. The summed E-state index contributed by atoms with van der Waals surface area (Å²) in [5, 5.41) is 0. The Morgan fingerprint density at radius 3 is 2.87 bits per heavy atom. The van der Waals surface area contributed by atoms with Gasteiger partial charge in [0.1, 0.15) is 11.6 Å². The first-order chi connectivity index (χ1) is 7.11. The maximum absolute atomic E-state index is 13.0. The summed E-state index contributed by atoms with van der Waals surface area (Å²) in [6.45, 7) is 2.23. The highest BCUT2D eigenvalue weighted by molar-refractivity contribution is 5.92. The van der Waals surface area contributed by atoms with Crippen LogP contribution in [0.4, 0.5) is 4.39 Å². The summed E-state index contributed by atoms with van der Waals surface area (Å²) in [6, 6.07) is 4.00. The van der Waals surface area contributed by atoms with Crippen molar-refractivity contribution in [2.75, 3.05) is 6.61 Å². The fourth-order valence-electron chi connectivity index (χ4n) is 1.02. The molecule has 0 spiro atoms. The van der Waals surface area contributed by atoms with E-state index in [0.29, 0.717) is 17.9 Å². The summed E-state index contributed by atoms with van der Waals surface area (Å²) in [5.74, 6) is 3.73. The lowest BCUT2D eigenvalue weighted by Gasteiger charge is -2.02. The molecule has 0 atom stereocenters. The second-order valence-corrected chi connectivity index (χ2v) is 2.72.